The SMILES string of the molecule is CCC(O)(C1=CCCCC1)c1ccccc1. The van der Waals surface area contributed by atoms with Crippen LogP contribution in [0.2, 0.25) is 0 Å². The highest BCUT2D eigenvalue weighted by atomic mass is 16.3. The van der Waals surface area contributed by atoms with Gasteiger partial charge in [-0.1, -0.05) is 43.3 Å². The van der Waals surface area contributed by atoms with E-state index in [9.17, 15) is 5.11 Å². The van der Waals surface area contributed by atoms with E-state index in [-0.39, 0.29) is 0 Å². The fraction of sp³-hybridized carbons (Fsp3) is 0.467. The van der Waals surface area contributed by atoms with Crippen LogP contribution in [0, 0.1) is 0 Å². The first-order valence-corrected chi connectivity index (χ1v) is 6.25. The van der Waals surface area contributed by atoms with Gasteiger partial charge in [0.15, 0.2) is 0 Å². The number of hydrogen-bond donors (Lipinski definition) is 1. The minimum atomic E-state index is -0.734. The van der Waals surface area contributed by atoms with E-state index in [2.05, 4.69) is 13.0 Å². The number of rotatable bonds is 3. The summed E-state index contributed by atoms with van der Waals surface area (Å²) in [6.45, 7) is 2.06. The van der Waals surface area contributed by atoms with Gasteiger partial charge in [-0.05, 0) is 43.2 Å². The van der Waals surface area contributed by atoms with E-state index in [1.54, 1.807) is 0 Å². The Morgan fingerprint density at radius 1 is 1.19 bits per heavy atom. The van der Waals surface area contributed by atoms with E-state index in [0.717, 1.165) is 24.8 Å². The van der Waals surface area contributed by atoms with Crippen LogP contribution in [0.25, 0.3) is 0 Å². The molecule has 0 aliphatic heterocycles. The highest BCUT2D eigenvalue weighted by Gasteiger charge is 2.31. The molecule has 0 bridgehead atoms. The second-order valence-corrected chi connectivity index (χ2v) is 4.55. The summed E-state index contributed by atoms with van der Waals surface area (Å²) < 4.78 is 0. The van der Waals surface area contributed by atoms with Gasteiger partial charge >= 0.3 is 0 Å². The average molecular weight is 216 g/mol. The van der Waals surface area contributed by atoms with Crippen LogP contribution in [-0.4, -0.2) is 5.11 Å². The molecule has 0 aromatic heterocycles. The van der Waals surface area contributed by atoms with Gasteiger partial charge < -0.3 is 5.11 Å². The van der Waals surface area contributed by atoms with Crippen molar-refractivity contribution in [1.82, 2.24) is 0 Å². The summed E-state index contributed by atoms with van der Waals surface area (Å²) in [7, 11) is 0. The van der Waals surface area contributed by atoms with E-state index in [0.29, 0.717) is 0 Å². The fourth-order valence-corrected chi connectivity index (χ4v) is 2.54. The Hall–Kier alpha value is -1.08. The van der Waals surface area contributed by atoms with Gasteiger partial charge in [-0.15, -0.1) is 0 Å². The molecule has 0 saturated carbocycles. The maximum absolute atomic E-state index is 10.8. The summed E-state index contributed by atoms with van der Waals surface area (Å²) in [4.78, 5) is 0. The third kappa shape index (κ3) is 2.05. The third-order valence-electron chi connectivity index (χ3n) is 3.59. The Morgan fingerprint density at radius 2 is 1.94 bits per heavy atom. The molecule has 1 N–H and O–H groups in total. The first-order chi connectivity index (χ1) is 7.77. The largest absolute Gasteiger partial charge is 0.381 e. The van der Waals surface area contributed by atoms with Crippen LogP contribution in [0.5, 0.6) is 0 Å². The Labute approximate surface area is 97.8 Å². The van der Waals surface area contributed by atoms with Gasteiger partial charge in [-0.25, -0.2) is 0 Å². The van der Waals surface area contributed by atoms with Crippen LogP contribution >= 0.6 is 0 Å². The molecule has 2 rings (SSSR count). The lowest BCUT2D eigenvalue weighted by Gasteiger charge is -2.32. The van der Waals surface area contributed by atoms with Gasteiger partial charge in [-0.3, -0.25) is 0 Å². The predicted octanol–water partition coefficient (Wildman–Crippen LogP) is 3.78. The van der Waals surface area contributed by atoms with Crippen molar-refractivity contribution in [2.45, 2.75) is 44.6 Å². The van der Waals surface area contributed by atoms with Crippen molar-refractivity contribution in [2.75, 3.05) is 0 Å². The number of aliphatic hydroxyl groups is 1. The zero-order valence-corrected chi connectivity index (χ0v) is 9.95. The van der Waals surface area contributed by atoms with E-state index in [4.69, 9.17) is 0 Å². The van der Waals surface area contributed by atoms with Crippen molar-refractivity contribution in [1.29, 1.82) is 0 Å². The monoisotopic (exact) mass is 216 g/mol. The average Bonchev–Trinajstić information content (AvgIpc) is 2.40. The molecule has 0 heterocycles. The molecule has 0 amide bonds. The summed E-state index contributed by atoms with van der Waals surface area (Å²) in [6.07, 6.45) is 7.62. The van der Waals surface area contributed by atoms with Gasteiger partial charge in [0.25, 0.3) is 0 Å². The molecule has 86 valence electrons. The highest BCUT2D eigenvalue weighted by molar-refractivity contribution is 5.33. The molecule has 1 aromatic carbocycles. The van der Waals surface area contributed by atoms with Gasteiger partial charge in [0.2, 0.25) is 0 Å². The van der Waals surface area contributed by atoms with Crippen LogP contribution in [-0.2, 0) is 5.60 Å². The minimum Gasteiger partial charge on any atom is -0.381 e. The van der Waals surface area contributed by atoms with Crippen molar-refractivity contribution in [3.05, 3.63) is 47.5 Å². The van der Waals surface area contributed by atoms with Crippen molar-refractivity contribution in [3.63, 3.8) is 0 Å². The zero-order chi connectivity index (χ0) is 11.4. The zero-order valence-electron chi connectivity index (χ0n) is 9.95. The summed E-state index contributed by atoms with van der Waals surface area (Å²) in [5.74, 6) is 0. The molecule has 16 heavy (non-hydrogen) atoms. The Morgan fingerprint density at radius 3 is 2.50 bits per heavy atom. The van der Waals surface area contributed by atoms with E-state index in [1.807, 2.05) is 30.3 Å². The number of benzene rings is 1. The third-order valence-corrected chi connectivity index (χ3v) is 3.59. The molecular formula is C15H20O. The minimum absolute atomic E-state index is 0.734. The second kappa shape index (κ2) is 4.84. The molecule has 1 heteroatoms. The van der Waals surface area contributed by atoms with Gasteiger partial charge in [-0.2, -0.15) is 0 Å². The van der Waals surface area contributed by atoms with E-state index < -0.39 is 5.60 Å². The quantitative estimate of drug-likeness (QED) is 0.762. The summed E-state index contributed by atoms with van der Waals surface area (Å²) in [5, 5.41) is 10.8. The molecule has 1 nitrogen and oxygen atoms in total. The van der Waals surface area contributed by atoms with Crippen molar-refractivity contribution in [2.24, 2.45) is 0 Å². The van der Waals surface area contributed by atoms with Gasteiger partial charge in [0, 0.05) is 0 Å². The Balaban J connectivity index is 2.35. The maximum Gasteiger partial charge on any atom is 0.110 e. The fourth-order valence-electron chi connectivity index (χ4n) is 2.54. The van der Waals surface area contributed by atoms with Gasteiger partial charge in [0.1, 0.15) is 5.60 Å². The maximum atomic E-state index is 10.8. The van der Waals surface area contributed by atoms with Crippen LogP contribution in [0.3, 0.4) is 0 Å². The Bertz CT molecular complexity index is 366. The van der Waals surface area contributed by atoms with Crippen LogP contribution in [0.1, 0.15) is 44.6 Å². The lowest BCUT2D eigenvalue weighted by Crippen LogP contribution is -2.28. The lowest BCUT2D eigenvalue weighted by molar-refractivity contribution is 0.0663. The standard InChI is InChI=1S/C15H20O/c1-2-15(16,13-9-5-3-6-10-13)14-11-7-4-8-12-14/h3,5-6,9-11,16H,2,4,7-8,12H2,1H3. The molecule has 1 aliphatic rings. The van der Waals surface area contributed by atoms with Crippen LogP contribution in [0.4, 0.5) is 0 Å². The normalized spacial score (nSPS) is 20.0. The molecule has 0 spiro atoms. The van der Waals surface area contributed by atoms with Crippen LogP contribution in [0.15, 0.2) is 42.0 Å². The van der Waals surface area contributed by atoms with Crippen molar-refractivity contribution >= 4 is 0 Å². The Kier molecular flexibility index (Phi) is 3.45. The molecule has 0 radical (unpaired) electrons. The highest BCUT2D eigenvalue weighted by Crippen LogP contribution is 2.37. The van der Waals surface area contributed by atoms with Gasteiger partial charge in [0.05, 0.1) is 0 Å². The summed E-state index contributed by atoms with van der Waals surface area (Å²) >= 11 is 0. The topological polar surface area (TPSA) is 20.2 Å². The lowest BCUT2D eigenvalue weighted by atomic mass is 9.79. The summed E-state index contributed by atoms with van der Waals surface area (Å²) in [6, 6.07) is 10.0. The van der Waals surface area contributed by atoms with Crippen molar-refractivity contribution in [3.8, 4) is 0 Å². The first kappa shape index (κ1) is 11.4. The number of hydrogen-bond acceptors (Lipinski definition) is 1. The summed E-state index contributed by atoms with van der Waals surface area (Å²) in [5.41, 5.74) is 1.51. The predicted molar refractivity (Wildman–Crippen MR) is 67.2 cm³/mol. The smallest absolute Gasteiger partial charge is 0.110 e. The van der Waals surface area contributed by atoms with E-state index >= 15 is 0 Å². The molecule has 1 aliphatic carbocycles. The molecule has 1 unspecified atom stereocenters. The first-order valence-electron chi connectivity index (χ1n) is 6.25. The van der Waals surface area contributed by atoms with Crippen LogP contribution < -0.4 is 0 Å². The van der Waals surface area contributed by atoms with E-state index in [1.165, 1.54) is 18.4 Å². The van der Waals surface area contributed by atoms with Crippen molar-refractivity contribution < 1.29 is 5.11 Å². The molecule has 1 atom stereocenters. The molecule has 0 saturated heterocycles. The molecular weight excluding hydrogens is 196 g/mol. The molecule has 0 fully saturated rings. The second-order valence-electron chi connectivity index (χ2n) is 4.55. The number of allylic oxidation sites excluding steroid dienone is 1. The molecule has 1 aromatic rings.